The van der Waals surface area contributed by atoms with Gasteiger partial charge in [0.15, 0.2) is 0 Å². The molecule has 3 heteroatoms. The minimum Gasteiger partial charge on any atom is -0.334 e. The summed E-state index contributed by atoms with van der Waals surface area (Å²) in [5.74, 6) is 1.02. The van der Waals surface area contributed by atoms with E-state index in [1.54, 1.807) is 0 Å². The number of nitrogens with zero attached hydrogens (tertiary/aromatic N) is 2. The molecule has 2 unspecified atom stereocenters. The molecule has 2 atom stereocenters. The van der Waals surface area contributed by atoms with Crippen molar-refractivity contribution in [3.05, 3.63) is 0 Å². The lowest BCUT2D eigenvalue weighted by Crippen LogP contribution is -2.70. The minimum atomic E-state index is 0.392. The van der Waals surface area contributed by atoms with Gasteiger partial charge in [-0.1, -0.05) is 13.8 Å². The maximum absolute atomic E-state index is 12.1. The first-order valence-electron chi connectivity index (χ1n) is 7.04. The van der Waals surface area contributed by atoms with Gasteiger partial charge in [-0.05, 0) is 32.6 Å². The monoisotopic (exact) mass is 238 g/mol. The number of carbonyl (C=O) groups is 1. The predicted octanol–water partition coefficient (Wildman–Crippen LogP) is 2.12. The number of hydrogen-bond donors (Lipinski definition) is 0. The zero-order valence-corrected chi connectivity index (χ0v) is 11.6. The van der Waals surface area contributed by atoms with E-state index in [-0.39, 0.29) is 0 Å². The fourth-order valence-electron chi connectivity index (χ4n) is 3.01. The van der Waals surface area contributed by atoms with Gasteiger partial charge in [0, 0.05) is 37.6 Å². The maximum Gasteiger partial charge on any atom is 0.223 e. The van der Waals surface area contributed by atoms with E-state index in [0.717, 1.165) is 25.9 Å². The number of rotatable bonds is 4. The van der Waals surface area contributed by atoms with Crippen molar-refractivity contribution in [1.29, 1.82) is 0 Å². The Hall–Kier alpha value is -0.570. The Morgan fingerprint density at radius 2 is 1.76 bits per heavy atom. The van der Waals surface area contributed by atoms with Crippen LogP contribution in [-0.2, 0) is 4.79 Å². The molecule has 3 aliphatic rings. The topological polar surface area (TPSA) is 23.6 Å². The van der Waals surface area contributed by atoms with Gasteiger partial charge in [-0.15, -0.1) is 0 Å². The van der Waals surface area contributed by atoms with Gasteiger partial charge in [0.25, 0.3) is 0 Å². The number of carbonyl (C=O) groups excluding carboxylic acids is 1. The molecule has 3 saturated heterocycles. The molecule has 1 amide bonds. The van der Waals surface area contributed by atoms with E-state index in [4.69, 9.17) is 0 Å². The zero-order valence-electron chi connectivity index (χ0n) is 11.6. The third-order valence-electron chi connectivity index (χ3n) is 4.18. The fourth-order valence-corrected chi connectivity index (χ4v) is 3.01. The maximum atomic E-state index is 12.1. The van der Waals surface area contributed by atoms with E-state index in [2.05, 4.69) is 37.5 Å². The number of fused-ring (bicyclic) bond motifs is 2. The van der Waals surface area contributed by atoms with Crippen molar-refractivity contribution < 1.29 is 4.79 Å². The molecule has 0 aromatic heterocycles. The molecule has 17 heavy (non-hydrogen) atoms. The molecule has 0 radical (unpaired) electrons. The number of hydrogen-bond acceptors (Lipinski definition) is 2. The molecule has 0 aliphatic carbocycles. The van der Waals surface area contributed by atoms with Crippen LogP contribution in [0.25, 0.3) is 0 Å². The van der Waals surface area contributed by atoms with Crippen molar-refractivity contribution in [2.75, 3.05) is 13.1 Å². The highest BCUT2D eigenvalue weighted by atomic mass is 16.2. The molecule has 3 nitrogen and oxygen atoms in total. The second-order valence-corrected chi connectivity index (χ2v) is 6.32. The highest BCUT2D eigenvalue weighted by molar-refractivity contribution is 5.78. The molecule has 3 heterocycles. The van der Waals surface area contributed by atoms with Crippen molar-refractivity contribution in [3.63, 3.8) is 0 Å². The summed E-state index contributed by atoms with van der Waals surface area (Å²) in [6.07, 6.45) is 3.01. The van der Waals surface area contributed by atoms with E-state index in [1.807, 2.05) is 0 Å². The largest absolute Gasteiger partial charge is 0.334 e. The third kappa shape index (κ3) is 2.65. The Kier molecular flexibility index (Phi) is 3.76. The SMILES string of the molecule is CC(C)CCC(=O)N1C2CC1CN(C(C)C)C2. The van der Waals surface area contributed by atoms with Crippen molar-refractivity contribution >= 4 is 5.91 Å². The summed E-state index contributed by atoms with van der Waals surface area (Å²) in [6, 6.07) is 1.64. The van der Waals surface area contributed by atoms with Crippen LogP contribution in [0.1, 0.15) is 47.0 Å². The third-order valence-corrected chi connectivity index (χ3v) is 4.18. The van der Waals surface area contributed by atoms with Crippen LogP contribution in [0.4, 0.5) is 0 Å². The number of piperidine rings is 1. The Bertz CT molecular complexity index is 276. The Balaban J connectivity index is 1.84. The van der Waals surface area contributed by atoms with Crippen LogP contribution < -0.4 is 0 Å². The second kappa shape index (κ2) is 4.97. The van der Waals surface area contributed by atoms with E-state index in [9.17, 15) is 4.79 Å². The molecule has 3 rings (SSSR count). The van der Waals surface area contributed by atoms with Crippen molar-refractivity contribution in [1.82, 2.24) is 9.80 Å². The molecule has 98 valence electrons. The second-order valence-electron chi connectivity index (χ2n) is 6.32. The molecule has 3 aliphatic heterocycles. The first-order valence-corrected chi connectivity index (χ1v) is 7.04. The predicted molar refractivity (Wildman–Crippen MR) is 69.8 cm³/mol. The Morgan fingerprint density at radius 3 is 2.24 bits per heavy atom. The average Bonchev–Trinajstić information content (AvgIpc) is 2.26. The molecule has 0 spiro atoms. The summed E-state index contributed by atoms with van der Waals surface area (Å²) >= 11 is 0. The Labute approximate surface area is 105 Å². The van der Waals surface area contributed by atoms with Crippen LogP contribution in [0.3, 0.4) is 0 Å². The summed E-state index contributed by atoms with van der Waals surface area (Å²) in [7, 11) is 0. The highest BCUT2D eigenvalue weighted by Gasteiger charge is 2.46. The lowest BCUT2D eigenvalue weighted by Gasteiger charge is -2.57. The van der Waals surface area contributed by atoms with Crippen molar-refractivity contribution in [2.24, 2.45) is 5.92 Å². The molecule has 0 aromatic rings. The summed E-state index contributed by atoms with van der Waals surface area (Å²) in [4.78, 5) is 16.8. The van der Waals surface area contributed by atoms with Crippen LogP contribution in [0.2, 0.25) is 0 Å². The quantitative estimate of drug-likeness (QED) is 0.749. The van der Waals surface area contributed by atoms with E-state index in [1.165, 1.54) is 6.42 Å². The summed E-state index contributed by atoms with van der Waals surface area (Å²) in [5.41, 5.74) is 0. The Morgan fingerprint density at radius 1 is 1.18 bits per heavy atom. The molecule has 3 fully saturated rings. The van der Waals surface area contributed by atoms with Gasteiger partial charge in [0.05, 0.1) is 0 Å². The van der Waals surface area contributed by atoms with Crippen LogP contribution in [0.5, 0.6) is 0 Å². The molecule has 2 bridgehead atoms. The van der Waals surface area contributed by atoms with E-state index in [0.29, 0.717) is 30.0 Å². The summed E-state index contributed by atoms with van der Waals surface area (Å²) in [5, 5.41) is 0. The average molecular weight is 238 g/mol. The normalized spacial score (nSPS) is 28.7. The summed E-state index contributed by atoms with van der Waals surface area (Å²) < 4.78 is 0. The molecular weight excluding hydrogens is 212 g/mol. The van der Waals surface area contributed by atoms with Gasteiger partial charge in [-0.3, -0.25) is 9.69 Å². The fraction of sp³-hybridized carbons (Fsp3) is 0.929. The molecule has 0 saturated carbocycles. The molecule has 0 aromatic carbocycles. The van der Waals surface area contributed by atoms with Crippen LogP contribution in [0, 0.1) is 5.92 Å². The smallest absolute Gasteiger partial charge is 0.223 e. The van der Waals surface area contributed by atoms with Crippen LogP contribution in [0.15, 0.2) is 0 Å². The van der Waals surface area contributed by atoms with Crippen molar-refractivity contribution in [3.8, 4) is 0 Å². The zero-order chi connectivity index (χ0) is 12.6. The van der Waals surface area contributed by atoms with Gasteiger partial charge in [0.1, 0.15) is 0 Å². The van der Waals surface area contributed by atoms with E-state index < -0.39 is 0 Å². The van der Waals surface area contributed by atoms with Gasteiger partial charge in [-0.25, -0.2) is 0 Å². The van der Waals surface area contributed by atoms with Gasteiger partial charge < -0.3 is 4.90 Å². The number of piperazine rings is 1. The van der Waals surface area contributed by atoms with Crippen molar-refractivity contribution in [2.45, 2.75) is 65.1 Å². The molecular formula is C14H26N2O. The highest BCUT2D eigenvalue weighted by Crippen LogP contribution is 2.33. The summed E-state index contributed by atoms with van der Waals surface area (Å²) in [6.45, 7) is 11.0. The molecule has 0 N–H and O–H groups in total. The lowest BCUT2D eigenvalue weighted by atomic mass is 9.86. The number of amides is 1. The minimum absolute atomic E-state index is 0.392. The lowest BCUT2D eigenvalue weighted by molar-refractivity contribution is -0.155. The van der Waals surface area contributed by atoms with Gasteiger partial charge in [0.2, 0.25) is 5.91 Å². The van der Waals surface area contributed by atoms with Crippen LogP contribution >= 0.6 is 0 Å². The first kappa shape index (κ1) is 12.9. The van der Waals surface area contributed by atoms with Gasteiger partial charge in [-0.2, -0.15) is 0 Å². The van der Waals surface area contributed by atoms with Crippen LogP contribution in [-0.4, -0.2) is 46.9 Å². The van der Waals surface area contributed by atoms with E-state index >= 15 is 0 Å². The standard InChI is InChI=1S/C14H26N2O/c1-10(2)5-6-14(17)16-12-7-13(16)9-15(8-12)11(3)4/h10-13H,5-9H2,1-4H3. The first-order chi connectivity index (χ1) is 7.99. The van der Waals surface area contributed by atoms with Gasteiger partial charge >= 0.3 is 0 Å².